The number of ether oxygens (including phenoxy) is 4. The van der Waals surface area contributed by atoms with Gasteiger partial charge in [-0.2, -0.15) is 0 Å². The maximum Gasteiger partial charge on any atom is 0.338 e. The van der Waals surface area contributed by atoms with Crippen LogP contribution in [0.5, 0.6) is 17.2 Å². The largest absolute Gasteiger partial charge is 0.497 e. The third-order valence-electron chi connectivity index (χ3n) is 6.11. The Kier molecular flexibility index (Phi) is 8.68. The summed E-state index contributed by atoms with van der Waals surface area (Å²) in [6, 6.07) is 12.1. The predicted octanol–water partition coefficient (Wildman–Crippen LogP) is 3.99. The van der Waals surface area contributed by atoms with E-state index < -0.39 is 12.0 Å². The summed E-state index contributed by atoms with van der Waals surface area (Å²) >= 11 is 1.29. The van der Waals surface area contributed by atoms with E-state index in [0.717, 1.165) is 17.7 Å². The van der Waals surface area contributed by atoms with Crippen LogP contribution in [0, 0.1) is 0 Å². The fourth-order valence-corrected chi connectivity index (χ4v) is 5.47. The van der Waals surface area contributed by atoms with E-state index in [1.807, 2.05) is 44.2 Å². The van der Waals surface area contributed by atoms with Crippen molar-refractivity contribution in [2.45, 2.75) is 39.7 Å². The normalized spacial score (nSPS) is 15.1. The number of rotatable bonds is 10. The minimum absolute atomic E-state index is 0.200. The smallest absolute Gasteiger partial charge is 0.338 e. The van der Waals surface area contributed by atoms with Gasteiger partial charge >= 0.3 is 5.97 Å². The first-order chi connectivity index (χ1) is 18.4. The first-order valence-electron chi connectivity index (χ1n) is 12.6. The monoisotopic (exact) mass is 536 g/mol. The second kappa shape index (κ2) is 12.1. The highest BCUT2D eigenvalue weighted by Crippen LogP contribution is 2.38. The zero-order valence-corrected chi connectivity index (χ0v) is 23.1. The van der Waals surface area contributed by atoms with Crippen molar-refractivity contribution in [1.82, 2.24) is 4.57 Å². The van der Waals surface area contributed by atoms with E-state index in [0.29, 0.717) is 50.7 Å². The summed E-state index contributed by atoms with van der Waals surface area (Å²) in [6.45, 7) is 6.49. The lowest BCUT2D eigenvalue weighted by molar-refractivity contribution is -0.139. The second-order valence-corrected chi connectivity index (χ2v) is 9.53. The van der Waals surface area contributed by atoms with Crippen LogP contribution in [0.2, 0.25) is 0 Å². The molecule has 0 N–H and O–H groups in total. The van der Waals surface area contributed by atoms with Crippen molar-refractivity contribution in [3.63, 3.8) is 0 Å². The maximum absolute atomic E-state index is 13.9. The summed E-state index contributed by atoms with van der Waals surface area (Å²) in [5.74, 6) is 1.36. The van der Waals surface area contributed by atoms with E-state index in [-0.39, 0.29) is 12.2 Å². The molecule has 3 aromatic rings. The van der Waals surface area contributed by atoms with Gasteiger partial charge in [0.05, 0.1) is 43.2 Å². The SMILES string of the molecule is CCCC1=C(C(=O)OCC)[C@@H](c2cc(OC)ccc2OC)n2c(s/c(=C\c3ccc(OCC)cc3)c2=O)=N1. The second-order valence-electron chi connectivity index (χ2n) is 8.52. The number of carbonyl (C=O) groups is 1. The van der Waals surface area contributed by atoms with Crippen molar-refractivity contribution >= 4 is 23.4 Å². The summed E-state index contributed by atoms with van der Waals surface area (Å²) in [5.41, 5.74) is 2.16. The van der Waals surface area contributed by atoms with Crippen molar-refractivity contribution in [2.75, 3.05) is 27.4 Å². The number of carbonyl (C=O) groups excluding carboxylic acids is 1. The van der Waals surface area contributed by atoms with Crippen molar-refractivity contribution in [2.24, 2.45) is 4.99 Å². The molecule has 0 amide bonds. The Morgan fingerprint density at radius 3 is 2.39 bits per heavy atom. The van der Waals surface area contributed by atoms with E-state index >= 15 is 0 Å². The molecule has 4 rings (SSSR count). The average molecular weight is 537 g/mol. The number of fused-ring (bicyclic) bond motifs is 1. The number of benzene rings is 2. The topological polar surface area (TPSA) is 88.4 Å². The van der Waals surface area contributed by atoms with Gasteiger partial charge < -0.3 is 18.9 Å². The molecule has 1 aromatic heterocycles. The molecule has 0 fully saturated rings. The van der Waals surface area contributed by atoms with Gasteiger partial charge in [-0.25, -0.2) is 9.79 Å². The van der Waals surface area contributed by atoms with Gasteiger partial charge in [0, 0.05) is 5.56 Å². The number of esters is 1. The van der Waals surface area contributed by atoms with E-state index in [4.69, 9.17) is 23.9 Å². The van der Waals surface area contributed by atoms with Gasteiger partial charge in [0.1, 0.15) is 23.3 Å². The maximum atomic E-state index is 13.9. The molecule has 1 atom stereocenters. The Balaban J connectivity index is 1.99. The van der Waals surface area contributed by atoms with Gasteiger partial charge in [-0.05, 0) is 62.2 Å². The molecule has 38 heavy (non-hydrogen) atoms. The van der Waals surface area contributed by atoms with Crippen LogP contribution in [0.15, 0.2) is 63.5 Å². The van der Waals surface area contributed by atoms with Gasteiger partial charge in [0.25, 0.3) is 5.56 Å². The fourth-order valence-electron chi connectivity index (χ4n) is 4.45. The Hall–Kier alpha value is -3.85. The quantitative estimate of drug-likeness (QED) is 0.364. The zero-order chi connectivity index (χ0) is 27.2. The first kappa shape index (κ1) is 27.2. The Labute approximate surface area is 225 Å². The number of thiazole rings is 1. The van der Waals surface area contributed by atoms with Gasteiger partial charge in [0.2, 0.25) is 0 Å². The van der Waals surface area contributed by atoms with Crippen molar-refractivity contribution < 1.29 is 23.7 Å². The van der Waals surface area contributed by atoms with Crippen LogP contribution in [-0.2, 0) is 9.53 Å². The lowest BCUT2D eigenvalue weighted by Crippen LogP contribution is -2.40. The van der Waals surface area contributed by atoms with Crippen molar-refractivity contribution in [3.8, 4) is 17.2 Å². The Morgan fingerprint density at radius 2 is 1.76 bits per heavy atom. The van der Waals surface area contributed by atoms with Crippen LogP contribution in [0.25, 0.3) is 6.08 Å². The van der Waals surface area contributed by atoms with Crippen LogP contribution in [0.4, 0.5) is 0 Å². The van der Waals surface area contributed by atoms with Gasteiger partial charge in [-0.1, -0.05) is 36.8 Å². The molecular formula is C29H32N2O6S. The number of aromatic nitrogens is 1. The Morgan fingerprint density at radius 1 is 1.03 bits per heavy atom. The molecule has 1 aliphatic heterocycles. The molecule has 0 radical (unpaired) electrons. The number of hydrogen-bond acceptors (Lipinski definition) is 8. The third kappa shape index (κ3) is 5.38. The lowest BCUT2D eigenvalue weighted by Gasteiger charge is -2.27. The molecule has 0 aliphatic carbocycles. The minimum atomic E-state index is -0.792. The number of methoxy groups -OCH3 is 2. The van der Waals surface area contributed by atoms with Crippen molar-refractivity contribution in [3.05, 3.63) is 84.5 Å². The van der Waals surface area contributed by atoms with Crippen LogP contribution in [0.1, 0.15) is 50.8 Å². The van der Waals surface area contributed by atoms with Crippen LogP contribution < -0.4 is 29.1 Å². The highest BCUT2D eigenvalue weighted by Gasteiger charge is 2.36. The van der Waals surface area contributed by atoms with E-state index in [1.54, 1.807) is 43.9 Å². The number of allylic oxidation sites excluding steroid dienone is 1. The molecular weight excluding hydrogens is 504 g/mol. The molecule has 2 aromatic carbocycles. The molecule has 0 bridgehead atoms. The van der Waals surface area contributed by atoms with Crippen molar-refractivity contribution in [1.29, 1.82) is 0 Å². The van der Waals surface area contributed by atoms with Crippen LogP contribution in [-0.4, -0.2) is 38.0 Å². The summed E-state index contributed by atoms with van der Waals surface area (Å²) in [7, 11) is 3.13. The molecule has 200 valence electrons. The van der Waals surface area contributed by atoms with Gasteiger partial charge in [-0.15, -0.1) is 0 Å². The number of hydrogen-bond donors (Lipinski definition) is 0. The van der Waals surface area contributed by atoms with Gasteiger partial charge in [0.15, 0.2) is 4.80 Å². The highest BCUT2D eigenvalue weighted by atomic mass is 32.1. The standard InChI is InChI=1S/C29H32N2O6S/c1-6-9-22-25(28(33)37-8-3)26(21-17-20(34-4)14-15-23(21)35-5)31-27(32)24(38-29(31)30-22)16-18-10-12-19(13-11-18)36-7-2/h10-17,26H,6-9H2,1-5H3/b24-16-/t26-/m1/s1. The van der Waals surface area contributed by atoms with Crippen LogP contribution in [0.3, 0.4) is 0 Å². The molecule has 8 nitrogen and oxygen atoms in total. The Bertz CT molecular complexity index is 1520. The highest BCUT2D eigenvalue weighted by molar-refractivity contribution is 7.07. The fraction of sp³-hybridized carbons (Fsp3) is 0.345. The first-order valence-corrected chi connectivity index (χ1v) is 13.4. The molecule has 0 spiro atoms. The average Bonchev–Trinajstić information content (AvgIpc) is 3.23. The summed E-state index contributed by atoms with van der Waals surface area (Å²) in [6.07, 6.45) is 3.15. The third-order valence-corrected chi connectivity index (χ3v) is 7.10. The number of nitrogens with zero attached hydrogens (tertiary/aromatic N) is 2. The minimum Gasteiger partial charge on any atom is -0.497 e. The van der Waals surface area contributed by atoms with Crippen LogP contribution >= 0.6 is 11.3 Å². The molecule has 0 unspecified atom stereocenters. The predicted molar refractivity (Wildman–Crippen MR) is 147 cm³/mol. The lowest BCUT2D eigenvalue weighted by atomic mass is 9.93. The molecule has 0 saturated carbocycles. The van der Waals surface area contributed by atoms with Gasteiger partial charge in [-0.3, -0.25) is 9.36 Å². The zero-order valence-electron chi connectivity index (χ0n) is 22.3. The molecule has 2 heterocycles. The van der Waals surface area contributed by atoms with E-state index in [9.17, 15) is 9.59 Å². The van der Waals surface area contributed by atoms with E-state index in [2.05, 4.69) is 0 Å². The van der Waals surface area contributed by atoms with E-state index in [1.165, 1.54) is 11.3 Å². The summed E-state index contributed by atoms with van der Waals surface area (Å²) in [5, 5.41) is 0. The molecule has 1 aliphatic rings. The molecule has 0 saturated heterocycles. The summed E-state index contributed by atoms with van der Waals surface area (Å²) < 4.78 is 24.2. The summed E-state index contributed by atoms with van der Waals surface area (Å²) in [4.78, 5) is 32.6. The molecule has 9 heteroatoms.